The Hall–Kier alpha value is -3.62. The van der Waals surface area contributed by atoms with E-state index in [0.29, 0.717) is 18.8 Å². The van der Waals surface area contributed by atoms with Crippen LogP contribution in [0.2, 0.25) is 0 Å². The Morgan fingerprint density at radius 3 is 2.21 bits per heavy atom. The van der Waals surface area contributed by atoms with Crippen molar-refractivity contribution in [2.24, 2.45) is 0 Å². The van der Waals surface area contributed by atoms with Crippen molar-refractivity contribution >= 4 is 11.6 Å². The fourth-order valence-corrected chi connectivity index (χ4v) is 3.22. The molecule has 0 unspecified atom stereocenters. The van der Waals surface area contributed by atoms with Crippen LogP contribution in [0, 0.1) is 0 Å². The van der Waals surface area contributed by atoms with Gasteiger partial charge in [0.25, 0.3) is 5.91 Å². The summed E-state index contributed by atoms with van der Waals surface area (Å²) in [6.07, 6.45) is 1.52. The first-order valence-corrected chi connectivity index (χ1v) is 9.36. The van der Waals surface area contributed by atoms with Gasteiger partial charge in [0.1, 0.15) is 17.8 Å². The minimum absolute atomic E-state index is 0.0102. The maximum absolute atomic E-state index is 12.5. The van der Waals surface area contributed by atoms with Gasteiger partial charge in [-0.2, -0.15) is 0 Å². The van der Waals surface area contributed by atoms with Crippen molar-refractivity contribution in [3.63, 3.8) is 0 Å². The van der Waals surface area contributed by atoms with Crippen LogP contribution in [-0.4, -0.2) is 70.9 Å². The van der Waals surface area contributed by atoms with E-state index in [0.717, 1.165) is 30.2 Å². The van der Waals surface area contributed by atoms with Gasteiger partial charge in [0.15, 0.2) is 6.61 Å². The van der Waals surface area contributed by atoms with Gasteiger partial charge in [-0.05, 0) is 59.0 Å². The molecule has 150 valence electrons. The zero-order valence-corrected chi connectivity index (χ0v) is 16.1. The van der Waals surface area contributed by atoms with Crippen LogP contribution < -0.4 is 14.4 Å². The van der Waals surface area contributed by atoms with Gasteiger partial charge in [0.2, 0.25) is 0 Å². The number of nitrogens with zero attached hydrogens (tertiary/aromatic N) is 6. The van der Waals surface area contributed by atoms with E-state index >= 15 is 0 Å². The summed E-state index contributed by atoms with van der Waals surface area (Å²) in [6.45, 7) is 2.95. The molecule has 1 amide bonds. The van der Waals surface area contributed by atoms with E-state index in [1.54, 1.807) is 23.9 Å². The van der Waals surface area contributed by atoms with Crippen LogP contribution >= 0.6 is 0 Å². The van der Waals surface area contributed by atoms with Crippen LogP contribution in [0.15, 0.2) is 54.9 Å². The lowest BCUT2D eigenvalue weighted by atomic mass is 10.2. The fourth-order valence-electron chi connectivity index (χ4n) is 3.22. The van der Waals surface area contributed by atoms with Gasteiger partial charge < -0.3 is 19.3 Å². The van der Waals surface area contributed by atoms with Crippen LogP contribution in [0.5, 0.6) is 11.5 Å². The first kappa shape index (κ1) is 18.7. The maximum Gasteiger partial charge on any atom is 0.260 e. The largest absolute Gasteiger partial charge is 0.497 e. The second-order valence-electron chi connectivity index (χ2n) is 6.60. The van der Waals surface area contributed by atoms with Crippen molar-refractivity contribution < 1.29 is 14.3 Å². The second kappa shape index (κ2) is 8.59. The third kappa shape index (κ3) is 4.45. The highest BCUT2D eigenvalue weighted by Gasteiger charge is 2.21. The Labute approximate surface area is 168 Å². The number of amides is 1. The summed E-state index contributed by atoms with van der Waals surface area (Å²) in [7, 11) is 1.66. The van der Waals surface area contributed by atoms with Crippen LogP contribution in [0.25, 0.3) is 5.69 Å². The molecule has 0 radical (unpaired) electrons. The summed E-state index contributed by atoms with van der Waals surface area (Å²) in [5.41, 5.74) is 1.96. The molecule has 9 heteroatoms. The fraction of sp³-hybridized carbons (Fsp3) is 0.300. The molecule has 3 aromatic rings. The van der Waals surface area contributed by atoms with Crippen LogP contribution in [0.4, 0.5) is 5.69 Å². The van der Waals surface area contributed by atoms with Gasteiger partial charge in [-0.25, -0.2) is 4.68 Å². The normalized spacial score (nSPS) is 14.0. The SMILES string of the molecule is COc1ccc(N2CCN(C(=O)COc3ccc(-n4cnnn4)cc3)CC2)cc1. The number of hydrogen-bond donors (Lipinski definition) is 0. The molecule has 1 aromatic heterocycles. The van der Waals surface area contributed by atoms with E-state index in [1.807, 2.05) is 41.3 Å². The number of methoxy groups -OCH3 is 1. The molecule has 1 saturated heterocycles. The van der Waals surface area contributed by atoms with Gasteiger partial charge in [-0.15, -0.1) is 5.10 Å². The number of benzene rings is 2. The predicted octanol–water partition coefficient (Wildman–Crippen LogP) is 1.40. The highest BCUT2D eigenvalue weighted by molar-refractivity contribution is 5.78. The quantitative estimate of drug-likeness (QED) is 0.625. The van der Waals surface area contributed by atoms with Crippen LogP contribution in [-0.2, 0) is 4.79 Å². The average Bonchev–Trinajstić information content (AvgIpc) is 3.33. The number of carbonyl (C=O) groups excluding carboxylic acids is 1. The van der Waals surface area contributed by atoms with Gasteiger partial charge in [-0.1, -0.05) is 0 Å². The second-order valence-corrected chi connectivity index (χ2v) is 6.60. The zero-order chi connectivity index (χ0) is 20.1. The number of piperazine rings is 1. The minimum atomic E-state index is -0.0102. The Balaban J connectivity index is 1.25. The number of tetrazole rings is 1. The standard InChI is InChI=1S/C20H22N6O3/c1-28-18-6-2-16(3-7-18)24-10-12-25(13-11-24)20(27)14-29-19-8-4-17(5-9-19)26-15-21-22-23-26/h2-9,15H,10-14H2,1H3. The summed E-state index contributed by atoms with van der Waals surface area (Å²) < 4.78 is 12.4. The van der Waals surface area contributed by atoms with E-state index in [4.69, 9.17) is 9.47 Å². The molecule has 0 bridgehead atoms. The van der Waals surface area contributed by atoms with Crippen LogP contribution in [0.1, 0.15) is 0 Å². The lowest BCUT2D eigenvalue weighted by molar-refractivity contribution is -0.133. The smallest absolute Gasteiger partial charge is 0.260 e. The summed E-state index contributed by atoms with van der Waals surface area (Å²) in [5, 5.41) is 11.0. The predicted molar refractivity (Wildman–Crippen MR) is 106 cm³/mol. The molecule has 0 spiro atoms. The van der Waals surface area contributed by atoms with E-state index in [-0.39, 0.29) is 12.5 Å². The highest BCUT2D eigenvalue weighted by Crippen LogP contribution is 2.20. The highest BCUT2D eigenvalue weighted by atomic mass is 16.5. The van der Waals surface area contributed by atoms with Crippen molar-refractivity contribution in [3.05, 3.63) is 54.9 Å². The molecule has 4 rings (SSSR count). The van der Waals surface area contributed by atoms with Crippen molar-refractivity contribution in [3.8, 4) is 17.2 Å². The summed E-state index contributed by atoms with van der Waals surface area (Å²) in [5.74, 6) is 1.46. The Morgan fingerprint density at radius 2 is 1.59 bits per heavy atom. The first-order valence-electron chi connectivity index (χ1n) is 9.36. The van der Waals surface area contributed by atoms with Crippen LogP contribution in [0.3, 0.4) is 0 Å². The molecular weight excluding hydrogens is 372 g/mol. The van der Waals surface area contributed by atoms with Crippen molar-refractivity contribution in [1.29, 1.82) is 0 Å². The maximum atomic E-state index is 12.5. The number of ether oxygens (including phenoxy) is 2. The van der Waals surface area contributed by atoms with Gasteiger partial charge in [-0.3, -0.25) is 4.79 Å². The van der Waals surface area contributed by atoms with Gasteiger partial charge in [0, 0.05) is 31.9 Å². The Bertz CT molecular complexity index is 920. The monoisotopic (exact) mass is 394 g/mol. The third-order valence-electron chi connectivity index (χ3n) is 4.88. The number of carbonyl (C=O) groups is 1. The van der Waals surface area contributed by atoms with Gasteiger partial charge in [0.05, 0.1) is 12.8 Å². The molecule has 0 aliphatic carbocycles. The number of hydrogen-bond acceptors (Lipinski definition) is 7. The molecule has 9 nitrogen and oxygen atoms in total. The molecule has 1 aliphatic rings. The van der Waals surface area contributed by atoms with Crippen molar-refractivity contribution in [2.75, 3.05) is 44.8 Å². The van der Waals surface area contributed by atoms with Crippen molar-refractivity contribution in [1.82, 2.24) is 25.1 Å². The lowest BCUT2D eigenvalue weighted by Crippen LogP contribution is -2.50. The van der Waals surface area contributed by atoms with E-state index in [2.05, 4.69) is 20.4 Å². The molecule has 0 saturated carbocycles. The molecule has 2 aromatic carbocycles. The number of rotatable bonds is 6. The molecule has 0 N–H and O–H groups in total. The van der Waals surface area contributed by atoms with Gasteiger partial charge >= 0.3 is 0 Å². The van der Waals surface area contributed by atoms with E-state index in [9.17, 15) is 4.79 Å². The van der Waals surface area contributed by atoms with E-state index in [1.165, 1.54) is 6.33 Å². The first-order chi connectivity index (χ1) is 14.2. The Morgan fingerprint density at radius 1 is 0.931 bits per heavy atom. The Kier molecular flexibility index (Phi) is 5.55. The van der Waals surface area contributed by atoms with E-state index < -0.39 is 0 Å². The summed E-state index contributed by atoms with van der Waals surface area (Å²) in [6, 6.07) is 15.2. The average molecular weight is 394 g/mol. The third-order valence-corrected chi connectivity index (χ3v) is 4.88. The van der Waals surface area contributed by atoms with Crippen molar-refractivity contribution in [2.45, 2.75) is 0 Å². The zero-order valence-electron chi connectivity index (χ0n) is 16.1. The topological polar surface area (TPSA) is 85.6 Å². The molecule has 1 aliphatic heterocycles. The molecule has 1 fully saturated rings. The molecular formula is C20H22N6O3. The number of aromatic nitrogens is 4. The number of anilines is 1. The molecule has 2 heterocycles. The molecule has 29 heavy (non-hydrogen) atoms. The lowest BCUT2D eigenvalue weighted by Gasteiger charge is -2.36. The summed E-state index contributed by atoms with van der Waals surface area (Å²) in [4.78, 5) is 16.6. The molecule has 0 atom stereocenters. The summed E-state index contributed by atoms with van der Waals surface area (Å²) >= 11 is 0. The minimum Gasteiger partial charge on any atom is -0.497 e.